The monoisotopic (exact) mass is 416 g/mol. The van der Waals surface area contributed by atoms with Gasteiger partial charge in [0.15, 0.2) is 0 Å². The van der Waals surface area contributed by atoms with Crippen LogP contribution in [0.5, 0.6) is 0 Å². The van der Waals surface area contributed by atoms with E-state index >= 15 is 0 Å². The lowest BCUT2D eigenvalue weighted by Crippen LogP contribution is -2.38. The normalized spacial score (nSPS) is 13.8. The van der Waals surface area contributed by atoms with Crippen LogP contribution in [0.25, 0.3) is 0 Å². The molecule has 5 heteroatoms. The van der Waals surface area contributed by atoms with Crippen molar-refractivity contribution < 1.29 is 4.79 Å². The Morgan fingerprint density at radius 1 is 1.17 bits per heavy atom. The zero-order valence-corrected chi connectivity index (χ0v) is 20.1. The van der Waals surface area contributed by atoms with Crippen LogP contribution in [-0.4, -0.2) is 23.3 Å². The van der Waals surface area contributed by atoms with Gasteiger partial charge in [0.05, 0.1) is 6.54 Å². The Kier molecular flexibility index (Phi) is 16.6. The number of hydrogen-bond donors (Lipinski definition) is 2. The van der Waals surface area contributed by atoms with Crippen molar-refractivity contribution in [3.8, 4) is 0 Å². The van der Waals surface area contributed by atoms with Gasteiger partial charge in [-0.1, -0.05) is 60.0 Å². The zero-order chi connectivity index (χ0) is 22.8. The second-order valence-electron chi connectivity index (χ2n) is 7.63. The maximum Gasteiger partial charge on any atom is 0.239 e. The van der Waals surface area contributed by atoms with Crippen molar-refractivity contribution in [3.63, 3.8) is 0 Å². The van der Waals surface area contributed by atoms with E-state index in [4.69, 9.17) is 10.7 Å². The number of nitrogens with zero attached hydrogens (tertiary/aromatic N) is 2. The largest absolute Gasteiger partial charge is 0.322 e. The Bertz CT molecular complexity index is 625. The maximum atomic E-state index is 11.6. The highest BCUT2D eigenvalue weighted by Crippen LogP contribution is 2.23. The van der Waals surface area contributed by atoms with Gasteiger partial charge >= 0.3 is 0 Å². The Hall–Kier alpha value is -2.01. The molecule has 3 N–H and O–H groups in total. The first-order valence-electron chi connectivity index (χ1n) is 11.6. The third-order valence-electron chi connectivity index (χ3n) is 5.18. The minimum absolute atomic E-state index is 0.00628. The zero-order valence-electron chi connectivity index (χ0n) is 20.1. The molecule has 0 aromatic carbocycles. The molecule has 1 rings (SSSR count). The van der Waals surface area contributed by atoms with Crippen molar-refractivity contribution in [1.29, 1.82) is 0 Å². The Labute approximate surface area is 184 Å². The first-order chi connectivity index (χ1) is 14.5. The summed E-state index contributed by atoms with van der Waals surface area (Å²) in [5, 5.41) is 2.86. The smallest absolute Gasteiger partial charge is 0.239 e. The fourth-order valence-corrected chi connectivity index (χ4v) is 3.03. The number of amidine groups is 1. The van der Waals surface area contributed by atoms with Crippen LogP contribution in [-0.2, 0) is 11.2 Å². The summed E-state index contributed by atoms with van der Waals surface area (Å²) >= 11 is 0. The number of carbonyl (C=O) groups is 1. The van der Waals surface area contributed by atoms with Crippen LogP contribution >= 0.6 is 0 Å². The highest BCUT2D eigenvalue weighted by Gasteiger charge is 2.16. The molecule has 0 aliphatic rings. The van der Waals surface area contributed by atoms with Crippen molar-refractivity contribution in [3.05, 3.63) is 41.9 Å². The molecular weight excluding hydrogens is 372 g/mol. The Morgan fingerprint density at radius 3 is 2.30 bits per heavy atom. The lowest BCUT2D eigenvalue weighted by Gasteiger charge is -2.19. The minimum atomic E-state index is -0.175. The molecule has 0 fully saturated rings. The summed E-state index contributed by atoms with van der Waals surface area (Å²) in [5.74, 6) is 1.25. The minimum Gasteiger partial charge on any atom is -0.322 e. The van der Waals surface area contributed by atoms with Crippen molar-refractivity contribution >= 4 is 11.7 Å². The van der Waals surface area contributed by atoms with E-state index in [-0.39, 0.29) is 18.4 Å². The number of aryl methyl sites for hydroxylation is 1. The van der Waals surface area contributed by atoms with Crippen LogP contribution in [0.15, 0.2) is 41.3 Å². The van der Waals surface area contributed by atoms with Crippen molar-refractivity contribution in [2.45, 2.75) is 86.5 Å². The van der Waals surface area contributed by atoms with Crippen LogP contribution < -0.4 is 11.1 Å². The molecule has 2 atom stereocenters. The quantitative estimate of drug-likeness (QED) is 0.361. The fraction of sp³-hybridized carbons (Fsp3) is 0.640. The van der Waals surface area contributed by atoms with Crippen LogP contribution in [0.1, 0.15) is 85.6 Å². The van der Waals surface area contributed by atoms with Gasteiger partial charge < -0.3 is 11.1 Å². The van der Waals surface area contributed by atoms with E-state index in [1.54, 1.807) is 0 Å². The second-order valence-corrected chi connectivity index (χ2v) is 7.63. The third kappa shape index (κ3) is 11.9. The van der Waals surface area contributed by atoms with E-state index < -0.39 is 0 Å². The molecule has 0 bridgehead atoms. The van der Waals surface area contributed by atoms with Crippen molar-refractivity contribution in [2.75, 3.05) is 6.54 Å². The van der Waals surface area contributed by atoms with Crippen molar-refractivity contribution in [2.24, 2.45) is 22.6 Å². The first kappa shape index (κ1) is 28.0. The molecule has 0 radical (unpaired) electrons. The van der Waals surface area contributed by atoms with E-state index in [2.05, 4.69) is 63.1 Å². The Balaban J connectivity index is 0.000000769. The van der Waals surface area contributed by atoms with Gasteiger partial charge in [-0.25, -0.2) is 4.99 Å². The van der Waals surface area contributed by atoms with Gasteiger partial charge in [-0.3, -0.25) is 9.78 Å². The number of aliphatic imine (C=N–C) groups is 1. The number of hydrogen-bond acceptors (Lipinski definition) is 4. The SMILES string of the molecule is C/C=C(\N=C(NC(=O)CN)C(C)CC)C(CC)CCCC.CCCc1ccncc1. The van der Waals surface area contributed by atoms with E-state index in [9.17, 15) is 4.79 Å². The predicted molar refractivity (Wildman–Crippen MR) is 129 cm³/mol. The van der Waals surface area contributed by atoms with Crippen LogP contribution in [0.4, 0.5) is 0 Å². The van der Waals surface area contributed by atoms with Crippen LogP contribution in [0, 0.1) is 11.8 Å². The van der Waals surface area contributed by atoms with E-state index in [1.807, 2.05) is 19.3 Å². The molecular formula is C25H44N4O. The molecule has 1 amide bonds. The molecule has 1 aromatic rings. The number of unbranched alkanes of at least 4 members (excludes halogenated alkanes) is 1. The van der Waals surface area contributed by atoms with Gasteiger partial charge in [0, 0.05) is 29.9 Å². The van der Waals surface area contributed by atoms with E-state index in [0.29, 0.717) is 5.92 Å². The molecule has 30 heavy (non-hydrogen) atoms. The lowest BCUT2D eigenvalue weighted by atomic mass is 9.95. The maximum absolute atomic E-state index is 11.6. The van der Waals surface area contributed by atoms with Gasteiger partial charge in [-0.05, 0) is 50.3 Å². The highest BCUT2D eigenvalue weighted by atomic mass is 16.1. The van der Waals surface area contributed by atoms with E-state index in [1.165, 1.54) is 31.2 Å². The van der Waals surface area contributed by atoms with Gasteiger partial charge in [0.2, 0.25) is 5.91 Å². The summed E-state index contributed by atoms with van der Waals surface area (Å²) in [6, 6.07) is 4.12. The molecule has 2 unspecified atom stereocenters. The number of allylic oxidation sites excluding steroid dienone is 2. The summed E-state index contributed by atoms with van der Waals surface area (Å²) in [6.45, 7) is 12.8. The number of amides is 1. The molecule has 1 aromatic heterocycles. The molecule has 0 aliphatic carbocycles. The van der Waals surface area contributed by atoms with Gasteiger partial charge in [-0.15, -0.1) is 0 Å². The van der Waals surface area contributed by atoms with Gasteiger partial charge in [0.1, 0.15) is 5.84 Å². The fourth-order valence-electron chi connectivity index (χ4n) is 3.03. The topological polar surface area (TPSA) is 80.4 Å². The highest BCUT2D eigenvalue weighted by molar-refractivity contribution is 6.00. The van der Waals surface area contributed by atoms with Crippen molar-refractivity contribution in [1.82, 2.24) is 10.3 Å². The summed E-state index contributed by atoms with van der Waals surface area (Å²) in [6.07, 6.45) is 13.7. The van der Waals surface area contributed by atoms with Crippen LogP contribution in [0.3, 0.4) is 0 Å². The standard InChI is InChI=1S/C17H33N3O.C8H11N/c1-6-10-11-14(8-3)15(9-4)19-17(13(5)7-2)20-16(21)12-18;1-2-3-8-4-6-9-7-5-8/h9,13-14H,6-8,10-12,18H2,1-5H3,(H,19,20,21);4-7H,2-3H2,1H3/b15-9-;. The first-order valence-corrected chi connectivity index (χ1v) is 11.6. The molecule has 0 spiro atoms. The van der Waals surface area contributed by atoms with Crippen LogP contribution in [0.2, 0.25) is 0 Å². The predicted octanol–water partition coefficient (Wildman–Crippen LogP) is 5.66. The molecule has 0 saturated carbocycles. The Morgan fingerprint density at radius 2 is 1.83 bits per heavy atom. The summed E-state index contributed by atoms with van der Waals surface area (Å²) in [4.78, 5) is 20.3. The number of rotatable bonds is 11. The average Bonchev–Trinajstić information content (AvgIpc) is 2.78. The molecule has 170 valence electrons. The number of nitrogens with two attached hydrogens (primary N) is 1. The lowest BCUT2D eigenvalue weighted by molar-refractivity contribution is -0.118. The molecule has 0 aliphatic heterocycles. The molecule has 1 heterocycles. The molecule has 0 saturated heterocycles. The second kappa shape index (κ2) is 17.8. The summed E-state index contributed by atoms with van der Waals surface area (Å²) in [7, 11) is 0. The molecule has 5 nitrogen and oxygen atoms in total. The third-order valence-corrected chi connectivity index (χ3v) is 5.18. The average molecular weight is 417 g/mol. The van der Waals surface area contributed by atoms with Gasteiger partial charge in [0.25, 0.3) is 0 Å². The van der Waals surface area contributed by atoms with Gasteiger partial charge in [-0.2, -0.15) is 0 Å². The summed E-state index contributed by atoms with van der Waals surface area (Å²) in [5.41, 5.74) is 7.86. The number of pyridine rings is 1. The number of carbonyl (C=O) groups excluding carboxylic acids is 1. The van der Waals surface area contributed by atoms with E-state index in [0.717, 1.165) is 30.8 Å². The number of aromatic nitrogens is 1. The summed E-state index contributed by atoms with van der Waals surface area (Å²) < 4.78 is 0. The number of nitrogens with one attached hydrogen (secondary N) is 1.